The lowest BCUT2D eigenvalue weighted by molar-refractivity contribution is -0.199. The van der Waals surface area contributed by atoms with E-state index >= 15 is 0 Å². The van der Waals surface area contributed by atoms with Crippen LogP contribution in [0, 0.1) is 17.3 Å². The van der Waals surface area contributed by atoms with Crippen molar-refractivity contribution in [1.82, 2.24) is 10.3 Å². The van der Waals surface area contributed by atoms with Gasteiger partial charge < -0.3 is 39.8 Å². The third-order valence-electron chi connectivity index (χ3n) is 9.82. The number of para-hydroxylation sites is 1. The van der Waals surface area contributed by atoms with Crippen LogP contribution in [0.15, 0.2) is 28.7 Å². The minimum Gasteiger partial charge on any atom is -0.496 e. The predicted molar refractivity (Wildman–Crippen MR) is 180 cm³/mol. The van der Waals surface area contributed by atoms with Gasteiger partial charge in [0.25, 0.3) is 5.91 Å². The molecule has 4 aliphatic rings. The van der Waals surface area contributed by atoms with Crippen molar-refractivity contribution in [2.75, 3.05) is 12.8 Å². The topological polar surface area (TPSA) is 181 Å². The average molecular weight is 685 g/mol. The molecule has 3 saturated carbocycles. The van der Waals surface area contributed by atoms with Gasteiger partial charge in [-0.05, 0) is 89.7 Å². The van der Waals surface area contributed by atoms with E-state index in [0.29, 0.717) is 11.5 Å². The van der Waals surface area contributed by atoms with Crippen molar-refractivity contribution < 1.29 is 43.1 Å². The number of nitrogens with zero attached hydrogens (tertiary/aromatic N) is 2. The summed E-state index contributed by atoms with van der Waals surface area (Å²) in [5, 5.41) is 18.7. The van der Waals surface area contributed by atoms with Gasteiger partial charge in [0.2, 0.25) is 5.60 Å². The Labute approximate surface area is 285 Å². The Morgan fingerprint density at radius 3 is 2.50 bits per heavy atom. The van der Waals surface area contributed by atoms with Crippen molar-refractivity contribution >= 4 is 47.1 Å². The van der Waals surface area contributed by atoms with Crippen LogP contribution in [-0.4, -0.2) is 76.7 Å². The fourth-order valence-electron chi connectivity index (χ4n) is 7.11. The SMILES string of the molecule is COc1c(C[C@H](NC(=O)/C(=N\OC(C)(C)C(=O)OC(C)(C)C)c2csc(N)n2)B2OC3CC4CC(C4(C)C)C3(C)O2)cccc1C(=O)O. The van der Waals surface area contributed by atoms with Gasteiger partial charge in [0.1, 0.15) is 22.6 Å². The number of nitrogen functional groups attached to an aromatic ring is 1. The van der Waals surface area contributed by atoms with Gasteiger partial charge in [0.15, 0.2) is 10.8 Å². The van der Waals surface area contributed by atoms with E-state index in [1.54, 1.807) is 38.3 Å². The number of aromatic carboxylic acids is 1. The summed E-state index contributed by atoms with van der Waals surface area (Å²) in [5.41, 5.74) is 3.49. The van der Waals surface area contributed by atoms with E-state index in [1.165, 1.54) is 27.0 Å². The normalized spacial score (nSPS) is 25.4. The average Bonchev–Trinajstić information content (AvgIpc) is 3.57. The van der Waals surface area contributed by atoms with Gasteiger partial charge in [-0.3, -0.25) is 4.79 Å². The molecule has 4 unspecified atom stereocenters. The number of amides is 1. The van der Waals surface area contributed by atoms with Gasteiger partial charge in [-0.15, -0.1) is 11.3 Å². The largest absolute Gasteiger partial charge is 0.496 e. The third-order valence-corrected chi connectivity index (χ3v) is 10.5. The van der Waals surface area contributed by atoms with Crippen LogP contribution in [0.2, 0.25) is 0 Å². The molecule has 2 heterocycles. The first kappa shape index (κ1) is 35.6. The molecule has 2 bridgehead atoms. The standard InChI is InChI=1S/C33H45BN4O9S/c1-30(2,3)44-28(42)32(6,7)47-38-24(20-16-48-29(35)36-20)26(39)37-23(13-17-11-10-12-19(27(40)41)25(17)43-9)34-45-22-15-18-14-21(31(18,4)5)33(22,8)46-34/h10-12,16,18,21-23H,13-15H2,1-9H3,(H2,35,36)(H,37,39)(H,40,41)/b38-24-/t18?,21?,22?,23-,33?/m0/s1. The zero-order chi connectivity index (χ0) is 35.4. The number of thiazole rings is 1. The lowest BCUT2D eigenvalue weighted by Gasteiger charge is -2.64. The van der Waals surface area contributed by atoms with E-state index in [1.807, 2.05) is 0 Å². The minimum absolute atomic E-state index is 0.0190. The number of esters is 1. The van der Waals surface area contributed by atoms with E-state index in [-0.39, 0.29) is 51.7 Å². The Balaban J connectivity index is 1.49. The molecule has 3 aliphatic carbocycles. The number of nitrogens with one attached hydrogen (secondary N) is 1. The molecule has 4 N–H and O–H groups in total. The zero-order valence-corrected chi connectivity index (χ0v) is 29.7. The van der Waals surface area contributed by atoms with Crippen molar-refractivity contribution in [3.63, 3.8) is 0 Å². The Bertz CT molecular complexity index is 1620. The van der Waals surface area contributed by atoms with Crippen molar-refractivity contribution in [2.45, 2.75) is 104 Å². The Hall–Kier alpha value is -3.69. The molecule has 1 aliphatic heterocycles. The summed E-state index contributed by atoms with van der Waals surface area (Å²) in [6.07, 6.45) is 1.77. The number of benzene rings is 1. The highest BCUT2D eigenvalue weighted by Gasteiger charge is 2.68. The van der Waals surface area contributed by atoms with Gasteiger partial charge in [-0.1, -0.05) is 31.1 Å². The fourth-order valence-corrected chi connectivity index (χ4v) is 7.66. The first-order chi connectivity index (χ1) is 22.3. The molecule has 1 saturated heterocycles. The number of oxime groups is 1. The summed E-state index contributed by atoms with van der Waals surface area (Å²) in [6, 6.07) is 4.80. The number of methoxy groups -OCH3 is 1. The molecule has 1 amide bonds. The number of aromatic nitrogens is 1. The maximum Gasteiger partial charge on any atom is 0.482 e. The predicted octanol–water partition coefficient (Wildman–Crippen LogP) is 4.27. The first-order valence-electron chi connectivity index (χ1n) is 16.0. The number of carboxylic acid groups (broad SMARTS) is 1. The molecule has 6 rings (SSSR count). The molecule has 1 aromatic carbocycles. The summed E-state index contributed by atoms with van der Waals surface area (Å²) in [5.74, 6) is -2.43. The van der Waals surface area contributed by atoms with E-state index in [2.05, 4.69) is 36.2 Å². The number of anilines is 1. The van der Waals surface area contributed by atoms with Crippen molar-refractivity contribution in [3.8, 4) is 5.75 Å². The molecule has 5 atom stereocenters. The third kappa shape index (κ3) is 6.77. The van der Waals surface area contributed by atoms with Crippen LogP contribution in [0.5, 0.6) is 5.75 Å². The second-order valence-electron chi connectivity index (χ2n) is 15.0. The quantitative estimate of drug-likeness (QED) is 0.133. The molecule has 1 aromatic heterocycles. The first-order valence-corrected chi connectivity index (χ1v) is 16.9. The highest BCUT2D eigenvalue weighted by Crippen LogP contribution is 2.65. The van der Waals surface area contributed by atoms with E-state index < -0.39 is 47.7 Å². The van der Waals surface area contributed by atoms with Gasteiger partial charge in [-0.2, -0.15) is 0 Å². The minimum atomic E-state index is -1.56. The number of nitrogens with two attached hydrogens (primary N) is 1. The van der Waals surface area contributed by atoms with Crippen LogP contribution >= 0.6 is 11.3 Å². The maximum absolute atomic E-state index is 14.2. The van der Waals surface area contributed by atoms with Gasteiger partial charge in [0, 0.05) is 5.38 Å². The van der Waals surface area contributed by atoms with Crippen molar-refractivity contribution in [3.05, 3.63) is 40.4 Å². The maximum atomic E-state index is 14.2. The number of hydrogen-bond donors (Lipinski definition) is 3. The molecular weight excluding hydrogens is 639 g/mol. The number of hydrogen-bond acceptors (Lipinski definition) is 12. The highest BCUT2D eigenvalue weighted by molar-refractivity contribution is 7.13. The molecular formula is C33H45BN4O9S. The molecule has 260 valence electrons. The van der Waals surface area contributed by atoms with Gasteiger partial charge >= 0.3 is 19.1 Å². The number of rotatable bonds is 11. The van der Waals surface area contributed by atoms with Crippen LogP contribution in [0.3, 0.4) is 0 Å². The van der Waals surface area contributed by atoms with Crippen molar-refractivity contribution in [2.24, 2.45) is 22.4 Å². The molecule has 0 spiro atoms. The Kier molecular flexibility index (Phi) is 9.38. The monoisotopic (exact) mass is 684 g/mol. The summed E-state index contributed by atoms with van der Waals surface area (Å²) >= 11 is 1.11. The van der Waals surface area contributed by atoms with Gasteiger partial charge in [-0.25, -0.2) is 14.6 Å². The summed E-state index contributed by atoms with van der Waals surface area (Å²) < 4.78 is 24.3. The lowest BCUT2D eigenvalue weighted by Crippen LogP contribution is -2.65. The summed E-state index contributed by atoms with van der Waals surface area (Å²) in [6.45, 7) is 14.7. The number of carbonyl (C=O) groups is 3. The molecule has 13 nitrogen and oxygen atoms in total. The smallest absolute Gasteiger partial charge is 0.482 e. The zero-order valence-electron chi connectivity index (χ0n) is 28.9. The molecule has 48 heavy (non-hydrogen) atoms. The molecule has 15 heteroatoms. The van der Waals surface area contributed by atoms with Gasteiger partial charge in [0.05, 0.1) is 24.8 Å². The molecule has 2 aromatic rings. The Morgan fingerprint density at radius 2 is 1.92 bits per heavy atom. The lowest BCUT2D eigenvalue weighted by atomic mass is 9.43. The van der Waals surface area contributed by atoms with Crippen LogP contribution < -0.4 is 15.8 Å². The van der Waals surface area contributed by atoms with Crippen molar-refractivity contribution in [1.29, 1.82) is 0 Å². The molecule has 0 radical (unpaired) electrons. The van der Waals surface area contributed by atoms with E-state index in [4.69, 9.17) is 29.4 Å². The summed E-state index contributed by atoms with van der Waals surface area (Å²) in [7, 11) is 0.506. The number of ether oxygens (including phenoxy) is 2. The Morgan fingerprint density at radius 1 is 1.21 bits per heavy atom. The van der Waals surface area contributed by atoms with E-state index in [9.17, 15) is 19.5 Å². The number of carboxylic acids is 1. The van der Waals surface area contributed by atoms with Crippen LogP contribution in [-0.2, 0) is 34.9 Å². The van der Waals surface area contributed by atoms with Crippen LogP contribution in [0.4, 0.5) is 5.13 Å². The van der Waals surface area contributed by atoms with Crippen LogP contribution in [0.25, 0.3) is 0 Å². The van der Waals surface area contributed by atoms with E-state index in [0.717, 1.165) is 24.2 Å². The summed E-state index contributed by atoms with van der Waals surface area (Å²) in [4.78, 5) is 49.0. The highest BCUT2D eigenvalue weighted by atomic mass is 32.1. The van der Waals surface area contributed by atoms with Crippen LogP contribution in [0.1, 0.15) is 89.8 Å². The fraction of sp³-hybridized carbons (Fsp3) is 0.606. The molecule has 4 fully saturated rings. The number of carbonyl (C=O) groups excluding carboxylic acids is 2. The second-order valence-corrected chi connectivity index (χ2v) is 15.9. The second kappa shape index (κ2) is 12.6.